The van der Waals surface area contributed by atoms with Crippen LogP contribution < -0.4 is 10.1 Å². The smallest absolute Gasteiger partial charge is 0.138 e. The Hall–Kier alpha value is -1.09. The number of ether oxygens (including phenoxy) is 1. The van der Waals surface area contributed by atoms with E-state index in [1.54, 1.807) is 6.20 Å². The van der Waals surface area contributed by atoms with Crippen LogP contribution in [0.1, 0.15) is 26.5 Å². The van der Waals surface area contributed by atoms with Crippen molar-refractivity contribution in [3.8, 4) is 5.75 Å². The van der Waals surface area contributed by atoms with E-state index in [4.69, 9.17) is 4.74 Å². The molecule has 0 fully saturated rings. The van der Waals surface area contributed by atoms with Crippen molar-refractivity contribution >= 4 is 0 Å². The average Bonchev–Trinajstić information content (AvgIpc) is 2.26. The second-order valence-electron chi connectivity index (χ2n) is 4.34. The van der Waals surface area contributed by atoms with Crippen molar-refractivity contribution < 1.29 is 4.74 Å². The van der Waals surface area contributed by atoms with Crippen LogP contribution >= 0.6 is 0 Å². The van der Waals surface area contributed by atoms with Gasteiger partial charge < -0.3 is 10.1 Å². The van der Waals surface area contributed by atoms with Gasteiger partial charge in [-0.05, 0) is 31.5 Å². The molecule has 0 aliphatic rings. The van der Waals surface area contributed by atoms with Gasteiger partial charge in [0.2, 0.25) is 0 Å². The molecule has 1 heterocycles. The van der Waals surface area contributed by atoms with E-state index in [2.05, 4.69) is 31.1 Å². The monoisotopic (exact) mass is 222 g/mol. The molecule has 90 valence electrons. The summed E-state index contributed by atoms with van der Waals surface area (Å²) in [6.07, 6.45) is 1.99. The Morgan fingerprint density at radius 1 is 1.38 bits per heavy atom. The van der Waals surface area contributed by atoms with Gasteiger partial charge in [-0.1, -0.05) is 20.8 Å². The molecule has 0 saturated carbocycles. The summed E-state index contributed by atoms with van der Waals surface area (Å²) in [5.41, 5.74) is 1.01. The first-order valence-corrected chi connectivity index (χ1v) is 5.93. The zero-order chi connectivity index (χ0) is 12.0. The SMILES string of the molecule is CCNCC(Oc1ccc(C)nc1)C(C)C. The van der Waals surface area contributed by atoms with Crippen molar-refractivity contribution in [1.29, 1.82) is 0 Å². The summed E-state index contributed by atoms with van der Waals surface area (Å²) in [5, 5.41) is 3.32. The maximum atomic E-state index is 5.91. The third kappa shape index (κ3) is 4.19. The highest BCUT2D eigenvalue weighted by atomic mass is 16.5. The van der Waals surface area contributed by atoms with Crippen LogP contribution in [-0.4, -0.2) is 24.2 Å². The number of hydrogen-bond acceptors (Lipinski definition) is 3. The number of hydrogen-bond donors (Lipinski definition) is 1. The van der Waals surface area contributed by atoms with Crippen LogP contribution in [0.4, 0.5) is 0 Å². The number of nitrogens with zero attached hydrogens (tertiary/aromatic N) is 1. The Kier molecular flexibility index (Phi) is 5.26. The highest BCUT2D eigenvalue weighted by molar-refractivity contribution is 5.19. The number of aryl methyl sites for hydroxylation is 1. The number of rotatable bonds is 6. The molecule has 16 heavy (non-hydrogen) atoms. The molecule has 1 N–H and O–H groups in total. The fourth-order valence-electron chi connectivity index (χ4n) is 1.40. The lowest BCUT2D eigenvalue weighted by Crippen LogP contribution is -2.35. The molecule has 0 radical (unpaired) electrons. The van der Waals surface area contributed by atoms with E-state index in [9.17, 15) is 0 Å². The van der Waals surface area contributed by atoms with Gasteiger partial charge in [-0.3, -0.25) is 4.98 Å². The number of likely N-dealkylation sites (N-methyl/N-ethyl adjacent to an activating group) is 1. The lowest BCUT2D eigenvalue weighted by molar-refractivity contribution is 0.149. The summed E-state index contributed by atoms with van der Waals surface area (Å²) in [6, 6.07) is 3.95. The van der Waals surface area contributed by atoms with E-state index in [1.165, 1.54) is 0 Å². The van der Waals surface area contributed by atoms with Gasteiger partial charge >= 0.3 is 0 Å². The lowest BCUT2D eigenvalue weighted by atomic mass is 10.1. The van der Waals surface area contributed by atoms with Crippen LogP contribution in [0.25, 0.3) is 0 Å². The van der Waals surface area contributed by atoms with Gasteiger partial charge in [0.05, 0.1) is 6.20 Å². The summed E-state index contributed by atoms with van der Waals surface area (Å²) in [6.45, 7) is 10.3. The Morgan fingerprint density at radius 3 is 2.62 bits per heavy atom. The number of nitrogens with one attached hydrogen (secondary N) is 1. The quantitative estimate of drug-likeness (QED) is 0.802. The van der Waals surface area contributed by atoms with Gasteiger partial charge in [0.25, 0.3) is 0 Å². The van der Waals surface area contributed by atoms with Gasteiger partial charge in [-0.2, -0.15) is 0 Å². The van der Waals surface area contributed by atoms with E-state index < -0.39 is 0 Å². The molecule has 0 aliphatic heterocycles. The first kappa shape index (κ1) is 13.0. The van der Waals surface area contributed by atoms with Gasteiger partial charge in [-0.25, -0.2) is 0 Å². The Balaban J connectivity index is 2.57. The van der Waals surface area contributed by atoms with E-state index in [1.807, 2.05) is 19.1 Å². The molecule has 1 unspecified atom stereocenters. The van der Waals surface area contributed by atoms with Crippen molar-refractivity contribution in [2.75, 3.05) is 13.1 Å². The molecule has 3 nitrogen and oxygen atoms in total. The molecule has 3 heteroatoms. The van der Waals surface area contributed by atoms with Gasteiger partial charge in [0, 0.05) is 12.2 Å². The minimum absolute atomic E-state index is 0.199. The summed E-state index contributed by atoms with van der Waals surface area (Å²) in [5.74, 6) is 1.34. The predicted octanol–water partition coefficient (Wildman–Crippen LogP) is 2.40. The molecule has 0 saturated heterocycles. The van der Waals surface area contributed by atoms with Crippen molar-refractivity contribution in [3.05, 3.63) is 24.0 Å². The van der Waals surface area contributed by atoms with Crippen LogP contribution in [-0.2, 0) is 0 Å². The largest absolute Gasteiger partial charge is 0.487 e. The van der Waals surface area contributed by atoms with Gasteiger partial charge in [0.1, 0.15) is 11.9 Å². The molecule has 0 amide bonds. The van der Waals surface area contributed by atoms with E-state index >= 15 is 0 Å². The third-order valence-electron chi connectivity index (χ3n) is 2.51. The Bertz CT molecular complexity index is 295. The third-order valence-corrected chi connectivity index (χ3v) is 2.51. The Labute approximate surface area is 98.2 Å². The van der Waals surface area contributed by atoms with Crippen LogP contribution in [0.2, 0.25) is 0 Å². The second kappa shape index (κ2) is 6.48. The first-order valence-electron chi connectivity index (χ1n) is 5.93. The predicted molar refractivity (Wildman–Crippen MR) is 66.8 cm³/mol. The van der Waals surface area contributed by atoms with Crippen LogP contribution in [0.3, 0.4) is 0 Å². The lowest BCUT2D eigenvalue weighted by Gasteiger charge is -2.22. The number of aromatic nitrogens is 1. The van der Waals surface area contributed by atoms with Gasteiger partial charge in [-0.15, -0.1) is 0 Å². The van der Waals surface area contributed by atoms with E-state index in [0.29, 0.717) is 5.92 Å². The molecule has 1 aromatic rings. The first-order chi connectivity index (χ1) is 7.63. The normalized spacial score (nSPS) is 12.8. The maximum absolute atomic E-state index is 5.91. The van der Waals surface area contributed by atoms with E-state index in [-0.39, 0.29) is 6.10 Å². The van der Waals surface area contributed by atoms with Gasteiger partial charge in [0.15, 0.2) is 0 Å². The van der Waals surface area contributed by atoms with Crippen molar-refractivity contribution in [1.82, 2.24) is 10.3 Å². The summed E-state index contributed by atoms with van der Waals surface area (Å²) >= 11 is 0. The van der Waals surface area contributed by atoms with Crippen LogP contribution in [0.5, 0.6) is 5.75 Å². The summed E-state index contributed by atoms with van der Waals surface area (Å²) in [4.78, 5) is 4.23. The fourth-order valence-corrected chi connectivity index (χ4v) is 1.40. The molecule has 0 aromatic carbocycles. The average molecular weight is 222 g/mol. The number of pyridine rings is 1. The highest BCUT2D eigenvalue weighted by Gasteiger charge is 2.14. The van der Waals surface area contributed by atoms with Crippen LogP contribution in [0.15, 0.2) is 18.3 Å². The minimum atomic E-state index is 0.199. The fraction of sp³-hybridized carbons (Fsp3) is 0.615. The molecule has 1 rings (SSSR count). The van der Waals surface area contributed by atoms with Crippen LogP contribution in [0, 0.1) is 12.8 Å². The molecule has 0 spiro atoms. The zero-order valence-electron chi connectivity index (χ0n) is 10.7. The van der Waals surface area contributed by atoms with Crippen molar-refractivity contribution in [2.45, 2.75) is 33.8 Å². The molecule has 1 aromatic heterocycles. The minimum Gasteiger partial charge on any atom is -0.487 e. The van der Waals surface area contributed by atoms with Crippen molar-refractivity contribution in [3.63, 3.8) is 0 Å². The molecule has 0 bridgehead atoms. The highest BCUT2D eigenvalue weighted by Crippen LogP contribution is 2.14. The van der Waals surface area contributed by atoms with E-state index in [0.717, 1.165) is 24.5 Å². The second-order valence-corrected chi connectivity index (χ2v) is 4.34. The standard InChI is InChI=1S/C13H22N2O/c1-5-14-9-13(10(2)3)16-12-7-6-11(4)15-8-12/h6-8,10,13-14H,5,9H2,1-4H3. The summed E-state index contributed by atoms with van der Waals surface area (Å²) in [7, 11) is 0. The Morgan fingerprint density at radius 2 is 2.12 bits per heavy atom. The zero-order valence-corrected chi connectivity index (χ0v) is 10.7. The van der Waals surface area contributed by atoms with Crippen molar-refractivity contribution in [2.24, 2.45) is 5.92 Å². The summed E-state index contributed by atoms with van der Waals surface area (Å²) < 4.78 is 5.91. The molecular weight excluding hydrogens is 200 g/mol. The molecule has 1 atom stereocenters. The molecular formula is C13H22N2O. The molecule has 0 aliphatic carbocycles. The maximum Gasteiger partial charge on any atom is 0.138 e. The topological polar surface area (TPSA) is 34.1 Å².